The molecule has 1 aromatic rings. The van der Waals surface area contributed by atoms with Crippen molar-refractivity contribution < 1.29 is 19.4 Å². The molecule has 1 fully saturated rings. The Labute approximate surface area is 124 Å². The first-order valence-electron chi connectivity index (χ1n) is 7.10. The van der Waals surface area contributed by atoms with Crippen molar-refractivity contribution in [3.05, 3.63) is 28.8 Å². The highest BCUT2D eigenvalue weighted by Crippen LogP contribution is 2.28. The predicted molar refractivity (Wildman–Crippen MR) is 79.6 cm³/mol. The van der Waals surface area contributed by atoms with E-state index in [2.05, 4.69) is 5.32 Å². The van der Waals surface area contributed by atoms with Gasteiger partial charge in [-0.1, -0.05) is 6.07 Å². The lowest BCUT2D eigenvalue weighted by molar-refractivity contribution is -0.121. The molecule has 2 N–H and O–H groups in total. The minimum atomic E-state index is -0.991. The average Bonchev–Trinajstić information content (AvgIpc) is 2.71. The summed E-state index contributed by atoms with van der Waals surface area (Å²) in [5.41, 5.74) is 2.30. The van der Waals surface area contributed by atoms with Crippen LogP contribution in [0.3, 0.4) is 0 Å². The molecule has 2 rings (SSSR count). The Hall–Kier alpha value is -1.88. The lowest BCUT2D eigenvalue weighted by Gasteiger charge is -2.16. The molecule has 0 aromatic heterocycles. The first kappa shape index (κ1) is 15.5. The minimum Gasteiger partial charge on any atom is -0.478 e. The summed E-state index contributed by atoms with van der Waals surface area (Å²) in [4.78, 5) is 23.5. The number of aryl methyl sites for hydroxylation is 2. The van der Waals surface area contributed by atoms with Gasteiger partial charge in [-0.15, -0.1) is 0 Å². The van der Waals surface area contributed by atoms with Crippen molar-refractivity contribution in [3.63, 3.8) is 0 Å². The monoisotopic (exact) mass is 291 g/mol. The quantitative estimate of drug-likeness (QED) is 0.898. The van der Waals surface area contributed by atoms with Gasteiger partial charge in [0.05, 0.1) is 23.7 Å². The standard InChI is InChI=1S/C16H21NO4/c1-8-5-9(2)14(7-12(8)16(19)20)17-15(18)13-6-10(3)21-11(13)4/h5,7,10-11,13H,6H2,1-4H3,(H,17,18)(H,19,20). The smallest absolute Gasteiger partial charge is 0.336 e. The van der Waals surface area contributed by atoms with Gasteiger partial charge in [-0.25, -0.2) is 4.79 Å². The number of nitrogens with one attached hydrogen (secondary N) is 1. The number of benzene rings is 1. The molecule has 0 bridgehead atoms. The van der Waals surface area contributed by atoms with Crippen LogP contribution in [-0.2, 0) is 9.53 Å². The number of aromatic carboxylic acids is 1. The molecule has 114 valence electrons. The normalized spacial score (nSPS) is 24.9. The van der Waals surface area contributed by atoms with Gasteiger partial charge < -0.3 is 15.2 Å². The molecule has 1 amide bonds. The molecule has 1 aliphatic rings. The number of hydrogen-bond acceptors (Lipinski definition) is 3. The van der Waals surface area contributed by atoms with Crippen molar-refractivity contribution in [1.29, 1.82) is 0 Å². The lowest BCUT2D eigenvalue weighted by Crippen LogP contribution is -2.28. The highest BCUT2D eigenvalue weighted by atomic mass is 16.5. The zero-order valence-corrected chi connectivity index (χ0v) is 12.8. The van der Waals surface area contributed by atoms with Crippen LogP contribution in [0.4, 0.5) is 5.69 Å². The fourth-order valence-corrected chi connectivity index (χ4v) is 2.83. The zero-order valence-electron chi connectivity index (χ0n) is 12.8. The second kappa shape index (κ2) is 5.85. The van der Waals surface area contributed by atoms with Crippen LogP contribution in [0.5, 0.6) is 0 Å². The predicted octanol–water partition coefficient (Wildman–Crippen LogP) is 2.75. The molecule has 21 heavy (non-hydrogen) atoms. The summed E-state index contributed by atoms with van der Waals surface area (Å²) in [5.74, 6) is -1.31. The fourth-order valence-electron chi connectivity index (χ4n) is 2.83. The topological polar surface area (TPSA) is 75.6 Å². The summed E-state index contributed by atoms with van der Waals surface area (Å²) >= 11 is 0. The second-order valence-corrected chi connectivity index (χ2v) is 5.77. The molecule has 0 spiro atoms. The van der Waals surface area contributed by atoms with E-state index in [4.69, 9.17) is 4.74 Å². The summed E-state index contributed by atoms with van der Waals surface area (Å²) < 4.78 is 5.59. The average molecular weight is 291 g/mol. The molecule has 0 radical (unpaired) electrons. The Morgan fingerprint density at radius 1 is 1.24 bits per heavy atom. The molecule has 3 atom stereocenters. The van der Waals surface area contributed by atoms with E-state index in [1.54, 1.807) is 13.0 Å². The van der Waals surface area contributed by atoms with E-state index >= 15 is 0 Å². The van der Waals surface area contributed by atoms with Crippen LogP contribution in [0.25, 0.3) is 0 Å². The van der Waals surface area contributed by atoms with E-state index in [1.807, 2.05) is 20.8 Å². The van der Waals surface area contributed by atoms with E-state index < -0.39 is 5.97 Å². The van der Waals surface area contributed by atoms with Crippen molar-refractivity contribution in [2.75, 3.05) is 5.32 Å². The van der Waals surface area contributed by atoms with E-state index in [9.17, 15) is 14.7 Å². The summed E-state index contributed by atoms with van der Waals surface area (Å²) in [6.45, 7) is 7.43. The highest BCUT2D eigenvalue weighted by molar-refractivity contribution is 5.96. The van der Waals surface area contributed by atoms with Gasteiger partial charge in [-0.05, 0) is 51.3 Å². The van der Waals surface area contributed by atoms with Gasteiger partial charge in [0.1, 0.15) is 0 Å². The van der Waals surface area contributed by atoms with Gasteiger partial charge in [0, 0.05) is 5.69 Å². The second-order valence-electron chi connectivity index (χ2n) is 5.77. The fraction of sp³-hybridized carbons (Fsp3) is 0.500. The molecule has 1 aliphatic heterocycles. The largest absolute Gasteiger partial charge is 0.478 e. The number of carbonyl (C=O) groups excluding carboxylic acids is 1. The molecule has 5 heteroatoms. The number of carbonyl (C=O) groups is 2. The van der Waals surface area contributed by atoms with Gasteiger partial charge >= 0.3 is 5.97 Å². The summed E-state index contributed by atoms with van der Waals surface area (Å²) in [5, 5.41) is 12.0. The van der Waals surface area contributed by atoms with Gasteiger partial charge in [-0.2, -0.15) is 0 Å². The lowest BCUT2D eigenvalue weighted by atomic mass is 9.98. The van der Waals surface area contributed by atoms with E-state index in [1.165, 1.54) is 6.07 Å². The Morgan fingerprint density at radius 3 is 2.43 bits per heavy atom. The maximum absolute atomic E-state index is 12.4. The number of hydrogen-bond donors (Lipinski definition) is 2. The highest BCUT2D eigenvalue weighted by Gasteiger charge is 2.35. The third-order valence-electron chi connectivity index (χ3n) is 4.00. The van der Waals surface area contributed by atoms with Crippen LogP contribution in [0.2, 0.25) is 0 Å². The molecule has 5 nitrogen and oxygen atoms in total. The summed E-state index contributed by atoms with van der Waals surface area (Å²) in [6, 6.07) is 3.30. The van der Waals surface area contributed by atoms with Gasteiger partial charge in [0.25, 0.3) is 0 Å². The number of amides is 1. The van der Waals surface area contributed by atoms with Crippen LogP contribution >= 0.6 is 0 Å². The Bertz CT molecular complexity index is 582. The van der Waals surface area contributed by atoms with Gasteiger partial charge in [0.15, 0.2) is 0 Å². The van der Waals surface area contributed by atoms with Crippen molar-refractivity contribution >= 4 is 17.6 Å². The van der Waals surface area contributed by atoms with E-state index in [-0.39, 0.29) is 29.6 Å². The maximum atomic E-state index is 12.4. The third-order valence-corrected chi connectivity index (χ3v) is 4.00. The molecular formula is C16H21NO4. The number of ether oxygens (including phenoxy) is 1. The molecular weight excluding hydrogens is 270 g/mol. The molecule has 0 saturated carbocycles. The first-order chi connectivity index (χ1) is 9.79. The zero-order chi connectivity index (χ0) is 15.7. The number of rotatable bonds is 3. The van der Waals surface area contributed by atoms with Crippen molar-refractivity contribution in [3.8, 4) is 0 Å². The van der Waals surface area contributed by atoms with Crippen LogP contribution in [-0.4, -0.2) is 29.2 Å². The Morgan fingerprint density at radius 2 is 1.90 bits per heavy atom. The van der Waals surface area contributed by atoms with Crippen molar-refractivity contribution in [2.24, 2.45) is 5.92 Å². The minimum absolute atomic E-state index is 0.0736. The van der Waals surface area contributed by atoms with Crippen LogP contribution < -0.4 is 5.32 Å². The maximum Gasteiger partial charge on any atom is 0.336 e. The van der Waals surface area contributed by atoms with Gasteiger partial charge in [-0.3, -0.25) is 4.79 Å². The van der Waals surface area contributed by atoms with Crippen molar-refractivity contribution in [2.45, 2.75) is 46.3 Å². The Kier molecular flexibility index (Phi) is 4.32. The van der Waals surface area contributed by atoms with E-state index in [0.717, 1.165) is 5.56 Å². The van der Waals surface area contributed by atoms with Crippen LogP contribution in [0.1, 0.15) is 41.8 Å². The summed E-state index contributed by atoms with van der Waals surface area (Å²) in [7, 11) is 0. The number of anilines is 1. The third kappa shape index (κ3) is 3.24. The van der Waals surface area contributed by atoms with Crippen LogP contribution in [0.15, 0.2) is 12.1 Å². The molecule has 3 unspecified atom stereocenters. The molecule has 0 aliphatic carbocycles. The first-order valence-corrected chi connectivity index (χ1v) is 7.10. The number of carboxylic acids is 1. The molecule has 1 heterocycles. The van der Waals surface area contributed by atoms with Gasteiger partial charge in [0.2, 0.25) is 5.91 Å². The summed E-state index contributed by atoms with van der Waals surface area (Å²) in [6.07, 6.45) is 0.637. The van der Waals surface area contributed by atoms with Crippen molar-refractivity contribution in [1.82, 2.24) is 0 Å². The van der Waals surface area contributed by atoms with Crippen LogP contribution in [0, 0.1) is 19.8 Å². The number of carboxylic acid groups (broad SMARTS) is 1. The molecule has 1 saturated heterocycles. The van der Waals surface area contributed by atoms with E-state index in [0.29, 0.717) is 17.7 Å². The Balaban J connectivity index is 2.21. The molecule has 1 aromatic carbocycles. The SMILES string of the molecule is Cc1cc(C)c(C(=O)O)cc1NC(=O)C1CC(C)OC1C.